The monoisotopic (exact) mass is 412 g/mol. The number of halogens is 3. The quantitative estimate of drug-likeness (QED) is 0.787. The molecule has 1 saturated carbocycles. The molecule has 1 fully saturated rings. The van der Waals surface area contributed by atoms with E-state index in [9.17, 15) is 26.4 Å². The van der Waals surface area contributed by atoms with Crippen LogP contribution < -0.4 is 10.0 Å². The number of nitriles is 1. The predicted octanol–water partition coefficient (Wildman–Crippen LogP) is 2.52. The summed E-state index contributed by atoms with van der Waals surface area (Å²) in [6.07, 6.45) is -4.29. The standard InChI is InChI=1S/C17H15F3N4O3S/c1-24-10-13(28(26,27)23-16(5-6-16)17(18,19)20)8-14(24)15(25)22-12-4-2-3-11(7-12)9-21/h2-4,7-8,10,23H,5-6H2,1H3,(H,22,25). The van der Waals surface area contributed by atoms with Crippen LogP contribution in [0.1, 0.15) is 28.9 Å². The van der Waals surface area contributed by atoms with Crippen molar-refractivity contribution in [2.24, 2.45) is 7.05 Å². The molecule has 2 N–H and O–H groups in total. The van der Waals surface area contributed by atoms with Crippen LogP contribution in [0.4, 0.5) is 18.9 Å². The van der Waals surface area contributed by atoms with Gasteiger partial charge in [0.25, 0.3) is 5.91 Å². The van der Waals surface area contributed by atoms with Gasteiger partial charge in [-0.15, -0.1) is 0 Å². The largest absolute Gasteiger partial charge is 0.407 e. The molecule has 2 aromatic rings. The molecule has 1 amide bonds. The molecule has 0 aliphatic heterocycles. The summed E-state index contributed by atoms with van der Waals surface area (Å²) in [5, 5.41) is 11.4. The van der Waals surface area contributed by atoms with Crippen LogP contribution in [-0.4, -0.2) is 30.6 Å². The number of nitrogens with one attached hydrogen (secondary N) is 2. The number of alkyl halides is 3. The van der Waals surface area contributed by atoms with Crippen LogP contribution in [0.15, 0.2) is 41.4 Å². The molecule has 1 aromatic carbocycles. The zero-order valence-electron chi connectivity index (χ0n) is 14.5. The first-order valence-corrected chi connectivity index (χ1v) is 9.54. The highest BCUT2D eigenvalue weighted by Gasteiger charge is 2.65. The highest BCUT2D eigenvalue weighted by Crippen LogP contribution is 2.49. The highest BCUT2D eigenvalue weighted by molar-refractivity contribution is 7.89. The van der Waals surface area contributed by atoms with Gasteiger partial charge >= 0.3 is 6.18 Å². The first kappa shape index (κ1) is 19.9. The topological polar surface area (TPSA) is 104 Å². The lowest BCUT2D eigenvalue weighted by Gasteiger charge is -2.20. The van der Waals surface area contributed by atoms with Gasteiger partial charge < -0.3 is 9.88 Å². The Morgan fingerprint density at radius 1 is 1.29 bits per heavy atom. The number of amides is 1. The summed E-state index contributed by atoms with van der Waals surface area (Å²) in [4.78, 5) is 12.0. The van der Waals surface area contributed by atoms with Crippen molar-refractivity contribution < 1.29 is 26.4 Å². The number of nitrogens with zero attached hydrogens (tertiary/aromatic N) is 2. The number of carbonyl (C=O) groups is 1. The van der Waals surface area contributed by atoms with E-state index in [-0.39, 0.29) is 18.5 Å². The molecule has 3 rings (SSSR count). The average Bonchev–Trinajstić information content (AvgIpc) is 3.27. The van der Waals surface area contributed by atoms with E-state index < -0.39 is 32.5 Å². The van der Waals surface area contributed by atoms with Crippen LogP contribution in [0.2, 0.25) is 0 Å². The minimum absolute atomic E-state index is 0.0698. The summed E-state index contributed by atoms with van der Waals surface area (Å²) in [6.45, 7) is 0. The maximum atomic E-state index is 13.0. The van der Waals surface area contributed by atoms with Crippen molar-refractivity contribution in [1.82, 2.24) is 9.29 Å². The summed E-state index contributed by atoms with van der Waals surface area (Å²) in [6, 6.07) is 9.00. The third-order valence-corrected chi connectivity index (χ3v) is 5.90. The number of benzene rings is 1. The average molecular weight is 412 g/mol. The Morgan fingerprint density at radius 3 is 2.54 bits per heavy atom. The zero-order chi connectivity index (χ0) is 20.7. The molecule has 0 saturated heterocycles. The number of hydrogen-bond acceptors (Lipinski definition) is 4. The Bertz CT molecular complexity index is 1080. The van der Waals surface area contributed by atoms with Gasteiger partial charge in [0.15, 0.2) is 0 Å². The molecule has 1 heterocycles. The second-order valence-corrected chi connectivity index (χ2v) is 8.19. The number of aromatic nitrogens is 1. The second kappa shape index (κ2) is 6.65. The SMILES string of the molecule is Cn1cc(S(=O)(=O)NC2(C(F)(F)F)CC2)cc1C(=O)Nc1cccc(C#N)c1. The molecular weight excluding hydrogens is 397 g/mol. The second-order valence-electron chi connectivity index (χ2n) is 6.50. The third kappa shape index (κ3) is 3.74. The molecule has 0 unspecified atom stereocenters. The van der Waals surface area contributed by atoms with Gasteiger partial charge in [0, 0.05) is 18.9 Å². The van der Waals surface area contributed by atoms with Crippen LogP contribution in [0.5, 0.6) is 0 Å². The number of carbonyl (C=O) groups excluding carboxylic acids is 1. The molecule has 1 aromatic heterocycles. The highest BCUT2D eigenvalue weighted by atomic mass is 32.2. The van der Waals surface area contributed by atoms with E-state index >= 15 is 0 Å². The molecule has 1 aliphatic rings. The maximum absolute atomic E-state index is 13.0. The fraction of sp³-hybridized carbons (Fsp3) is 0.294. The number of sulfonamides is 1. The van der Waals surface area contributed by atoms with E-state index in [4.69, 9.17) is 5.26 Å². The van der Waals surface area contributed by atoms with E-state index in [1.165, 1.54) is 17.7 Å². The fourth-order valence-electron chi connectivity index (χ4n) is 2.65. The van der Waals surface area contributed by atoms with E-state index in [1.807, 2.05) is 6.07 Å². The predicted molar refractivity (Wildman–Crippen MR) is 92.9 cm³/mol. The fourth-order valence-corrected chi connectivity index (χ4v) is 4.17. The Morgan fingerprint density at radius 2 is 1.96 bits per heavy atom. The van der Waals surface area contributed by atoms with Gasteiger partial charge in [0.2, 0.25) is 10.0 Å². The van der Waals surface area contributed by atoms with Crippen LogP contribution >= 0.6 is 0 Å². The van der Waals surface area contributed by atoms with Crippen LogP contribution in [0, 0.1) is 11.3 Å². The van der Waals surface area contributed by atoms with Crippen LogP contribution in [0.25, 0.3) is 0 Å². The van der Waals surface area contributed by atoms with E-state index in [0.717, 1.165) is 12.3 Å². The van der Waals surface area contributed by atoms with Crippen molar-refractivity contribution in [2.75, 3.05) is 5.32 Å². The first-order valence-electron chi connectivity index (χ1n) is 8.06. The van der Waals surface area contributed by atoms with Gasteiger partial charge in [-0.2, -0.15) is 23.2 Å². The van der Waals surface area contributed by atoms with Crippen LogP contribution in [0.3, 0.4) is 0 Å². The summed E-state index contributed by atoms with van der Waals surface area (Å²) in [5.74, 6) is -0.670. The van der Waals surface area contributed by atoms with Crippen LogP contribution in [-0.2, 0) is 17.1 Å². The molecule has 7 nitrogen and oxygen atoms in total. The number of rotatable bonds is 5. The van der Waals surface area contributed by atoms with Crippen molar-refractivity contribution in [3.63, 3.8) is 0 Å². The van der Waals surface area contributed by atoms with Gasteiger partial charge in [0.05, 0.1) is 11.6 Å². The van der Waals surface area contributed by atoms with Crippen molar-refractivity contribution in [1.29, 1.82) is 5.26 Å². The first-order chi connectivity index (χ1) is 13.0. The Hall–Kier alpha value is -2.84. The zero-order valence-corrected chi connectivity index (χ0v) is 15.4. The summed E-state index contributed by atoms with van der Waals surface area (Å²) in [5.41, 5.74) is -1.87. The van der Waals surface area contributed by atoms with E-state index in [0.29, 0.717) is 11.3 Å². The van der Waals surface area contributed by atoms with Gasteiger partial charge in [-0.25, -0.2) is 8.42 Å². The molecule has 28 heavy (non-hydrogen) atoms. The normalized spacial score (nSPS) is 15.7. The van der Waals surface area contributed by atoms with Gasteiger partial charge in [-0.05, 0) is 37.1 Å². The molecule has 0 atom stereocenters. The molecular formula is C17H15F3N4O3S. The summed E-state index contributed by atoms with van der Waals surface area (Å²) in [7, 11) is -3.07. The maximum Gasteiger partial charge on any atom is 0.407 e. The van der Waals surface area contributed by atoms with E-state index in [1.54, 1.807) is 22.9 Å². The molecule has 148 valence electrons. The Kier molecular flexibility index (Phi) is 4.73. The van der Waals surface area contributed by atoms with Gasteiger partial charge in [-0.1, -0.05) is 6.07 Å². The lowest BCUT2D eigenvalue weighted by Crippen LogP contribution is -2.47. The van der Waals surface area contributed by atoms with Crippen molar-refractivity contribution >= 4 is 21.6 Å². The lowest BCUT2D eigenvalue weighted by molar-refractivity contribution is -0.160. The minimum Gasteiger partial charge on any atom is -0.345 e. The Labute approximate surface area is 158 Å². The Balaban J connectivity index is 1.82. The lowest BCUT2D eigenvalue weighted by atomic mass is 10.2. The van der Waals surface area contributed by atoms with Gasteiger partial charge in [-0.3, -0.25) is 4.79 Å². The number of anilines is 1. The van der Waals surface area contributed by atoms with Crippen molar-refractivity contribution in [3.05, 3.63) is 47.8 Å². The smallest absolute Gasteiger partial charge is 0.345 e. The molecule has 0 spiro atoms. The van der Waals surface area contributed by atoms with Crippen molar-refractivity contribution in [2.45, 2.75) is 29.5 Å². The molecule has 1 aliphatic carbocycles. The summed E-state index contributed by atoms with van der Waals surface area (Å²) < 4.78 is 66.8. The number of hydrogen-bond donors (Lipinski definition) is 2. The summed E-state index contributed by atoms with van der Waals surface area (Å²) >= 11 is 0. The van der Waals surface area contributed by atoms with E-state index in [2.05, 4.69) is 5.32 Å². The molecule has 11 heteroatoms. The number of aryl methyl sites for hydroxylation is 1. The minimum atomic E-state index is -4.69. The van der Waals surface area contributed by atoms with Gasteiger partial charge in [0.1, 0.15) is 16.1 Å². The molecule has 0 radical (unpaired) electrons. The third-order valence-electron chi connectivity index (χ3n) is 4.39. The molecule has 0 bridgehead atoms. The van der Waals surface area contributed by atoms with Crippen molar-refractivity contribution in [3.8, 4) is 6.07 Å².